The van der Waals surface area contributed by atoms with Gasteiger partial charge in [-0.25, -0.2) is 4.39 Å². The molecule has 33 heavy (non-hydrogen) atoms. The van der Waals surface area contributed by atoms with Crippen LogP contribution in [0.3, 0.4) is 0 Å². The van der Waals surface area contributed by atoms with Crippen molar-refractivity contribution in [3.05, 3.63) is 99.8 Å². The van der Waals surface area contributed by atoms with E-state index in [1.807, 2.05) is 19.1 Å². The van der Waals surface area contributed by atoms with Gasteiger partial charge in [0.2, 0.25) is 0 Å². The van der Waals surface area contributed by atoms with Gasteiger partial charge in [-0.05, 0) is 60.0 Å². The summed E-state index contributed by atoms with van der Waals surface area (Å²) in [4.78, 5) is 27.6. The highest BCUT2D eigenvalue weighted by Crippen LogP contribution is 2.42. The molecule has 7 heteroatoms. The summed E-state index contributed by atoms with van der Waals surface area (Å²) in [6, 6.07) is 16.4. The summed E-state index contributed by atoms with van der Waals surface area (Å²) in [5.74, 6) is -2.05. The van der Waals surface area contributed by atoms with Gasteiger partial charge in [0.05, 0.1) is 23.7 Å². The standard InChI is InChI=1S/C26H21ClFNO4/c1-3-15-4-11-19(12-5-15)29-23(16-6-9-18(28)10-7-16)22(25(31)26(29)32)24(30)17-8-13-21(33-2)20(27)14-17/h4-14,23,30H,3H2,1-2H3/b24-22-. The molecule has 3 aromatic rings. The van der Waals surface area contributed by atoms with Crippen LogP contribution in [0.5, 0.6) is 5.75 Å². The summed E-state index contributed by atoms with van der Waals surface area (Å²) in [7, 11) is 1.46. The summed E-state index contributed by atoms with van der Waals surface area (Å²) in [5, 5.41) is 11.4. The summed E-state index contributed by atoms with van der Waals surface area (Å²) in [6.07, 6.45) is 0.818. The van der Waals surface area contributed by atoms with Crippen molar-refractivity contribution in [3.8, 4) is 5.75 Å². The SMILES string of the molecule is CCc1ccc(N2C(=O)C(=O)/C(=C(\O)c3ccc(OC)c(Cl)c3)C2c2ccc(F)cc2)cc1. The molecular weight excluding hydrogens is 445 g/mol. The van der Waals surface area contributed by atoms with E-state index in [1.165, 1.54) is 42.3 Å². The number of carbonyl (C=O) groups excluding carboxylic acids is 2. The maximum absolute atomic E-state index is 13.6. The van der Waals surface area contributed by atoms with Gasteiger partial charge in [-0.1, -0.05) is 42.8 Å². The Morgan fingerprint density at radius 1 is 1.06 bits per heavy atom. The van der Waals surface area contributed by atoms with Gasteiger partial charge in [-0.15, -0.1) is 0 Å². The van der Waals surface area contributed by atoms with Gasteiger partial charge in [-0.2, -0.15) is 0 Å². The number of hydrogen-bond acceptors (Lipinski definition) is 4. The third-order valence-electron chi connectivity index (χ3n) is 5.68. The molecule has 1 aliphatic heterocycles. The smallest absolute Gasteiger partial charge is 0.300 e. The number of ketones is 1. The van der Waals surface area contributed by atoms with Crippen LogP contribution >= 0.6 is 11.6 Å². The maximum Gasteiger partial charge on any atom is 0.300 e. The highest BCUT2D eigenvalue weighted by atomic mass is 35.5. The topological polar surface area (TPSA) is 66.8 Å². The Morgan fingerprint density at radius 3 is 2.30 bits per heavy atom. The van der Waals surface area contributed by atoms with Crippen molar-refractivity contribution in [1.82, 2.24) is 0 Å². The Kier molecular flexibility index (Phi) is 6.20. The van der Waals surface area contributed by atoms with Crippen molar-refractivity contribution in [1.29, 1.82) is 0 Å². The number of aryl methyl sites for hydroxylation is 1. The molecular formula is C26H21ClFNO4. The van der Waals surface area contributed by atoms with Crippen LogP contribution in [0.4, 0.5) is 10.1 Å². The Balaban J connectivity index is 1.91. The van der Waals surface area contributed by atoms with E-state index < -0.39 is 23.5 Å². The van der Waals surface area contributed by atoms with Gasteiger partial charge >= 0.3 is 0 Å². The Labute approximate surface area is 195 Å². The molecule has 0 aromatic heterocycles. The molecule has 1 fully saturated rings. The number of nitrogens with zero attached hydrogens (tertiary/aromatic N) is 1. The predicted octanol–water partition coefficient (Wildman–Crippen LogP) is 5.68. The highest BCUT2D eigenvalue weighted by molar-refractivity contribution is 6.51. The molecule has 1 atom stereocenters. The average Bonchev–Trinajstić information content (AvgIpc) is 3.09. The fraction of sp³-hybridized carbons (Fsp3) is 0.154. The van der Waals surface area contributed by atoms with Crippen molar-refractivity contribution in [2.45, 2.75) is 19.4 Å². The van der Waals surface area contributed by atoms with E-state index in [-0.39, 0.29) is 21.9 Å². The number of methoxy groups -OCH3 is 1. The molecule has 1 aliphatic rings. The van der Waals surface area contributed by atoms with E-state index in [1.54, 1.807) is 24.3 Å². The number of hydrogen-bond donors (Lipinski definition) is 1. The fourth-order valence-electron chi connectivity index (χ4n) is 3.92. The van der Waals surface area contributed by atoms with Crippen LogP contribution in [0.25, 0.3) is 5.76 Å². The van der Waals surface area contributed by atoms with Crippen molar-refractivity contribution < 1.29 is 23.8 Å². The first kappa shape index (κ1) is 22.6. The molecule has 1 amide bonds. The molecule has 1 heterocycles. The first-order valence-corrected chi connectivity index (χ1v) is 10.7. The number of benzene rings is 3. The lowest BCUT2D eigenvalue weighted by Gasteiger charge is -2.25. The zero-order chi connectivity index (χ0) is 23.7. The van der Waals surface area contributed by atoms with E-state index in [9.17, 15) is 19.1 Å². The molecule has 0 saturated carbocycles. The van der Waals surface area contributed by atoms with Crippen LogP contribution in [0.2, 0.25) is 5.02 Å². The predicted molar refractivity (Wildman–Crippen MR) is 125 cm³/mol. The van der Waals surface area contributed by atoms with Crippen LogP contribution in [-0.2, 0) is 16.0 Å². The number of anilines is 1. The summed E-state index contributed by atoms with van der Waals surface area (Å²) < 4.78 is 18.8. The van der Waals surface area contributed by atoms with E-state index in [0.717, 1.165) is 12.0 Å². The number of Topliss-reactive ketones (excluding diaryl/α,β-unsaturated/α-hetero) is 1. The number of rotatable bonds is 5. The first-order valence-electron chi connectivity index (χ1n) is 10.3. The third-order valence-corrected chi connectivity index (χ3v) is 5.97. The molecule has 0 radical (unpaired) electrons. The lowest BCUT2D eigenvalue weighted by molar-refractivity contribution is -0.132. The minimum Gasteiger partial charge on any atom is -0.507 e. The van der Waals surface area contributed by atoms with Crippen molar-refractivity contribution in [3.63, 3.8) is 0 Å². The van der Waals surface area contributed by atoms with Crippen LogP contribution < -0.4 is 9.64 Å². The molecule has 1 saturated heterocycles. The van der Waals surface area contributed by atoms with Crippen LogP contribution in [0.15, 0.2) is 72.3 Å². The lowest BCUT2D eigenvalue weighted by Crippen LogP contribution is -2.29. The normalized spacial score (nSPS) is 17.5. The molecule has 0 aliphatic carbocycles. The van der Waals surface area contributed by atoms with Gasteiger partial charge in [-0.3, -0.25) is 14.5 Å². The molecule has 1 N–H and O–H groups in total. The van der Waals surface area contributed by atoms with Crippen molar-refractivity contribution >= 4 is 34.7 Å². The van der Waals surface area contributed by atoms with Gasteiger partial charge in [0, 0.05) is 11.3 Å². The van der Waals surface area contributed by atoms with Crippen LogP contribution in [0, 0.1) is 5.82 Å². The van der Waals surface area contributed by atoms with Crippen LogP contribution in [-0.4, -0.2) is 23.9 Å². The van der Waals surface area contributed by atoms with Gasteiger partial charge in [0.1, 0.15) is 17.3 Å². The average molecular weight is 466 g/mol. The first-order chi connectivity index (χ1) is 15.8. The highest BCUT2D eigenvalue weighted by Gasteiger charge is 2.47. The molecule has 0 bridgehead atoms. The van der Waals surface area contributed by atoms with E-state index in [4.69, 9.17) is 16.3 Å². The van der Waals surface area contributed by atoms with Gasteiger partial charge < -0.3 is 9.84 Å². The summed E-state index contributed by atoms with van der Waals surface area (Å²) in [5.41, 5.74) is 2.20. The molecule has 0 spiro atoms. The molecule has 3 aromatic carbocycles. The number of halogens is 2. The Hall–Kier alpha value is -3.64. The van der Waals surface area contributed by atoms with Crippen molar-refractivity contribution in [2.75, 3.05) is 12.0 Å². The quantitative estimate of drug-likeness (QED) is 0.299. The summed E-state index contributed by atoms with van der Waals surface area (Å²) >= 11 is 6.21. The number of amides is 1. The lowest BCUT2D eigenvalue weighted by atomic mass is 9.95. The monoisotopic (exact) mass is 465 g/mol. The minimum atomic E-state index is -0.945. The van der Waals surface area contributed by atoms with E-state index in [0.29, 0.717) is 17.0 Å². The molecule has 168 valence electrons. The number of carbonyl (C=O) groups is 2. The number of ether oxygens (including phenoxy) is 1. The third kappa shape index (κ3) is 4.10. The van der Waals surface area contributed by atoms with Crippen LogP contribution in [0.1, 0.15) is 29.7 Å². The zero-order valence-corrected chi connectivity index (χ0v) is 18.8. The van der Waals surface area contributed by atoms with Gasteiger partial charge in [0.25, 0.3) is 11.7 Å². The minimum absolute atomic E-state index is 0.104. The second-order valence-electron chi connectivity index (χ2n) is 7.59. The van der Waals surface area contributed by atoms with Crippen molar-refractivity contribution in [2.24, 2.45) is 0 Å². The molecule has 1 unspecified atom stereocenters. The van der Waals surface area contributed by atoms with E-state index in [2.05, 4.69) is 0 Å². The fourth-order valence-corrected chi connectivity index (χ4v) is 4.18. The second-order valence-corrected chi connectivity index (χ2v) is 8.00. The zero-order valence-electron chi connectivity index (χ0n) is 18.0. The Bertz CT molecular complexity index is 1250. The second kappa shape index (κ2) is 9.08. The largest absolute Gasteiger partial charge is 0.507 e. The molecule has 4 rings (SSSR count). The summed E-state index contributed by atoms with van der Waals surface area (Å²) in [6.45, 7) is 2.01. The Morgan fingerprint density at radius 2 is 1.73 bits per heavy atom. The maximum atomic E-state index is 13.6. The number of aliphatic hydroxyl groups is 1. The number of aliphatic hydroxyl groups excluding tert-OH is 1. The van der Waals surface area contributed by atoms with E-state index >= 15 is 0 Å². The van der Waals surface area contributed by atoms with Gasteiger partial charge in [0.15, 0.2) is 0 Å². The molecule has 5 nitrogen and oxygen atoms in total.